The van der Waals surface area contributed by atoms with Crippen molar-refractivity contribution in [3.8, 4) is 0 Å². The van der Waals surface area contributed by atoms with Gasteiger partial charge in [0.2, 0.25) is 0 Å². The molecule has 0 saturated heterocycles. The lowest BCUT2D eigenvalue weighted by atomic mass is 11.8. The molecule has 0 atom stereocenters. The summed E-state index contributed by atoms with van der Waals surface area (Å²) in [5, 5.41) is 0. The largest absolute Gasteiger partial charge is 0.821 e. The molecule has 50 valence electrons. The van der Waals surface area contributed by atoms with Crippen molar-refractivity contribution in [3.05, 3.63) is 0 Å². The minimum absolute atomic E-state index is 1.82. The molecule has 0 aromatic heterocycles. The molecule has 0 fully saturated rings. The van der Waals surface area contributed by atoms with Crippen molar-refractivity contribution in [2.45, 2.75) is 19.6 Å². The van der Waals surface area contributed by atoms with E-state index in [-0.39, 0.29) is 0 Å². The lowest BCUT2D eigenvalue weighted by Gasteiger charge is -2.36. The van der Waals surface area contributed by atoms with Gasteiger partial charge in [0.1, 0.15) is 0 Å². The maximum absolute atomic E-state index is 9.86. The maximum atomic E-state index is 9.86. The van der Waals surface area contributed by atoms with Crippen molar-refractivity contribution >= 4 is 16.9 Å². The Morgan fingerprint density at radius 3 is 1.62 bits per heavy atom. The van der Waals surface area contributed by atoms with Crippen molar-refractivity contribution in [1.82, 2.24) is 0 Å². The van der Waals surface area contributed by atoms with Gasteiger partial charge in [0.15, 0.2) is 8.32 Å². The lowest BCUT2D eigenvalue weighted by Crippen LogP contribution is -2.28. The van der Waals surface area contributed by atoms with E-state index in [0.717, 1.165) is 0 Å². The molecule has 0 spiro atoms. The first-order valence-corrected chi connectivity index (χ1v) is 6.76. The Hall–Kier alpha value is 0.527. The van der Waals surface area contributed by atoms with Crippen LogP contribution in [-0.4, -0.2) is 8.32 Å². The van der Waals surface area contributed by atoms with Crippen LogP contribution in [0.15, 0.2) is 0 Å². The van der Waals surface area contributed by atoms with E-state index in [1.165, 1.54) is 0 Å². The van der Waals surface area contributed by atoms with Crippen LogP contribution in [0.25, 0.3) is 0 Å². The van der Waals surface area contributed by atoms with Crippen molar-refractivity contribution in [3.63, 3.8) is 0 Å². The standard InChI is InChI=1S/C3H9O3PSi/c1-8(2,3)6-7(4)5/h1-3H3/q-2. The first-order chi connectivity index (χ1) is 3.42. The van der Waals surface area contributed by atoms with E-state index in [0.29, 0.717) is 0 Å². The van der Waals surface area contributed by atoms with Crippen LogP contribution in [0.3, 0.4) is 0 Å². The molecule has 3 nitrogen and oxygen atoms in total. The third-order valence-electron chi connectivity index (χ3n) is 0.348. The summed E-state index contributed by atoms with van der Waals surface area (Å²) in [4.78, 5) is 19.7. The van der Waals surface area contributed by atoms with Gasteiger partial charge in [0, 0.05) is 0 Å². The summed E-state index contributed by atoms with van der Waals surface area (Å²) in [5.41, 5.74) is 0. The SMILES string of the molecule is C[Si](C)(C)OP([O-])[O-]. The molecule has 0 unspecified atom stereocenters. The Balaban J connectivity index is 3.39. The summed E-state index contributed by atoms with van der Waals surface area (Å²) >= 11 is 0. The molecular weight excluding hydrogens is 143 g/mol. The van der Waals surface area contributed by atoms with Crippen LogP contribution >= 0.6 is 8.60 Å². The summed E-state index contributed by atoms with van der Waals surface area (Å²) in [6, 6.07) is 0. The van der Waals surface area contributed by atoms with Gasteiger partial charge in [-0.05, 0) is 19.6 Å². The fourth-order valence-electron chi connectivity index (χ4n) is 0.224. The highest BCUT2D eigenvalue weighted by molar-refractivity contribution is 7.38. The van der Waals surface area contributed by atoms with Crippen molar-refractivity contribution < 1.29 is 14.0 Å². The van der Waals surface area contributed by atoms with E-state index in [2.05, 4.69) is 4.21 Å². The summed E-state index contributed by atoms with van der Waals surface area (Å²) in [6.07, 6.45) is 0. The average molecular weight is 152 g/mol. The van der Waals surface area contributed by atoms with Crippen LogP contribution in [0.4, 0.5) is 0 Å². The van der Waals surface area contributed by atoms with Gasteiger partial charge in [-0.15, -0.1) is 0 Å². The van der Waals surface area contributed by atoms with E-state index in [1.807, 2.05) is 19.6 Å². The van der Waals surface area contributed by atoms with Crippen LogP contribution in [0.1, 0.15) is 0 Å². The summed E-state index contributed by atoms with van der Waals surface area (Å²) in [7, 11) is -4.44. The summed E-state index contributed by atoms with van der Waals surface area (Å²) < 4.78 is 4.53. The maximum Gasteiger partial charge on any atom is 0.184 e. The van der Waals surface area contributed by atoms with Gasteiger partial charge in [0.05, 0.1) is 0 Å². The first kappa shape index (κ1) is 8.53. The second-order valence-electron chi connectivity index (χ2n) is 2.43. The Morgan fingerprint density at radius 1 is 1.25 bits per heavy atom. The molecular formula is C3H9O3PSi-2. The average Bonchev–Trinajstić information content (AvgIpc) is 1.21. The summed E-state index contributed by atoms with van der Waals surface area (Å²) in [6.45, 7) is 5.45. The lowest BCUT2D eigenvalue weighted by molar-refractivity contribution is -0.311. The van der Waals surface area contributed by atoms with E-state index < -0.39 is 16.9 Å². The van der Waals surface area contributed by atoms with Crippen LogP contribution in [0.5, 0.6) is 0 Å². The van der Waals surface area contributed by atoms with Crippen molar-refractivity contribution in [1.29, 1.82) is 0 Å². The third-order valence-corrected chi connectivity index (χ3v) is 3.14. The Bertz CT molecular complexity index is 69.4. The quantitative estimate of drug-likeness (QED) is 0.406. The van der Waals surface area contributed by atoms with Crippen LogP contribution in [-0.2, 0) is 4.21 Å². The highest BCUT2D eigenvalue weighted by Crippen LogP contribution is 2.20. The zero-order valence-corrected chi connectivity index (χ0v) is 7.07. The minimum Gasteiger partial charge on any atom is -0.821 e. The Kier molecular flexibility index (Phi) is 3.08. The molecule has 0 N–H and O–H groups in total. The monoisotopic (exact) mass is 152 g/mol. The van der Waals surface area contributed by atoms with E-state index in [9.17, 15) is 9.79 Å². The predicted octanol–water partition coefficient (Wildman–Crippen LogP) is -0.215. The molecule has 0 aliphatic rings. The minimum atomic E-state index is -2.63. The van der Waals surface area contributed by atoms with E-state index >= 15 is 0 Å². The molecule has 0 aliphatic heterocycles. The summed E-state index contributed by atoms with van der Waals surface area (Å²) in [5.74, 6) is 0. The second kappa shape index (κ2) is 2.89. The molecule has 0 radical (unpaired) electrons. The normalized spacial score (nSPS) is 12.8. The van der Waals surface area contributed by atoms with Gasteiger partial charge in [-0.1, -0.05) is 0 Å². The Labute approximate surface area is 51.4 Å². The zero-order chi connectivity index (χ0) is 6.78. The van der Waals surface area contributed by atoms with Gasteiger partial charge in [-0.2, -0.15) is 8.60 Å². The molecule has 0 aromatic carbocycles. The predicted molar refractivity (Wildman–Crippen MR) is 31.4 cm³/mol. The first-order valence-electron chi connectivity index (χ1n) is 2.25. The molecule has 8 heavy (non-hydrogen) atoms. The van der Waals surface area contributed by atoms with Gasteiger partial charge >= 0.3 is 0 Å². The van der Waals surface area contributed by atoms with Crippen LogP contribution in [0.2, 0.25) is 19.6 Å². The second-order valence-corrected chi connectivity index (χ2v) is 7.83. The number of hydrogen-bond donors (Lipinski definition) is 0. The molecule has 5 heteroatoms. The fourth-order valence-corrected chi connectivity index (χ4v) is 2.01. The molecule has 0 rings (SSSR count). The van der Waals surface area contributed by atoms with Crippen molar-refractivity contribution in [2.75, 3.05) is 0 Å². The van der Waals surface area contributed by atoms with Gasteiger partial charge in [-0.25, -0.2) is 0 Å². The molecule has 0 bridgehead atoms. The van der Waals surface area contributed by atoms with E-state index in [1.54, 1.807) is 0 Å². The topological polar surface area (TPSA) is 55.3 Å². The zero-order valence-electron chi connectivity index (χ0n) is 5.17. The molecule has 0 saturated carbocycles. The smallest absolute Gasteiger partial charge is 0.184 e. The number of rotatable bonds is 2. The highest BCUT2D eigenvalue weighted by atomic mass is 31.2. The van der Waals surface area contributed by atoms with E-state index in [4.69, 9.17) is 0 Å². The highest BCUT2D eigenvalue weighted by Gasteiger charge is 2.11. The molecule has 0 aromatic rings. The van der Waals surface area contributed by atoms with Gasteiger partial charge in [-0.3, -0.25) is 0 Å². The molecule has 0 heterocycles. The van der Waals surface area contributed by atoms with Gasteiger partial charge in [0.25, 0.3) is 0 Å². The number of hydrogen-bond acceptors (Lipinski definition) is 3. The van der Waals surface area contributed by atoms with Crippen LogP contribution in [0, 0.1) is 0 Å². The molecule has 0 aliphatic carbocycles. The van der Waals surface area contributed by atoms with Crippen LogP contribution < -0.4 is 9.79 Å². The Morgan fingerprint density at radius 2 is 1.62 bits per heavy atom. The van der Waals surface area contributed by atoms with Gasteiger partial charge < -0.3 is 14.0 Å². The van der Waals surface area contributed by atoms with Crippen molar-refractivity contribution in [2.24, 2.45) is 0 Å². The molecule has 0 amide bonds. The third kappa shape index (κ3) is 6.53. The fraction of sp³-hybridized carbons (Fsp3) is 1.00.